The third kappa shape index (κ3) is 5.08. The summed E-state index contributed by atoms with van der Waals surface area (Å²) in [6, 6.07) is 0.826. The number of nitrogens with zero attached hydrogens (tertiary/aromatic N) is 1. The molecular weight excluding hydrogens is 210 g/mol. The fourth-order valence-corrected chi connectivity index (χ4v) is 3.06. The Hall–Kier alpha value is 0.0569. The highest BCUT2D eigenvalue weighted by molar-refractivity contribution is 6.60. The van der Waals surface area contributed by atoms with Gasteiger partial charge in [0.25, 0.3) is 0 Å². The molecular formula is C10H24NO3Si. The van der Waals surface area contributed by atoms with E-state index in [1.165, 1.54) is 0 Å². The lowest BCUT2D eigenvalue weighted by atomic mass is 10.4. The van der Waals surface area contributed by atoms with Gasteiger partial charge >= 0.3 is 8.80 Å². The van der Waals surface area contributed by atoms with Gasteiger partial charge in [0.15, 0.2) is 0 Å². The van der Waals surface area contributed by atoms with Gasteiger partial charge in [-0.3, -0.25) is 4.90 Å². The van der Waals surface area contributed by atoms with E-state index < -0.39 is 8.80 Å². The molecule has 0 aromatic rings. The second-order valence-electron chi connectivity index (χ2n) is 3.24. The van der Waals surface area contributed by atoms with Crippen LogP contribution in [0.4, 0.5) is 0 Å². The van der Waals surface area contributed by atoms with Gasteiger partial charge in [0.2, 0.25) is 0 Å². The molecule has 4 nitrogen and oxygen atoms in total. The van der Waals surface area contributed by atoms with E-state index >= 15 is 0 Å². The van der Waals surface area contributed by atoms with Gasteiger partial charge < -0.3 is 13.3 Å². The third-order valence-corrected chi connectivity index (χ3v) is 5.35. The van der Waals surface area contributed by atoms with Crippen LogP contribution in [0.25, 0.3) is 0 Å². The van der Waals surface area contributed by atoms with Gasteiger partial charge in [-0.25, -0.2) is 0 Å². The topological polar surface area (TPSA) is 30.9 Å². The minimum Gasteiger partial charge on any atom is -0.377 e. The van der Waals surface area contributed by atoms with Crippen LogP contribution in [-0.4, -0.2) is 48.1 Å². The lowest BCUT2D eigenvalue weighted by Gasteiger charge is -2.25. The summed E-state index contributed by atoms with van der Waals surface area (Å²) < 4.78 is 16.0. The SMILES string of the molecule is CCN([CH]CC[Si](OC)(OC)OC)CC. The van der Waals surface area contributed by atoms with Gasteiger partial charge in [0, 0.05) is 33.9 Å². The minimum absolute atomic E-state index is 0.826. The number of hydrogen-bond acceptors (Lipinski definition) is 4. The highest BCUT2D eigenvalue weighted by Gasteiger charge is 2.36. The van der Waals surface area contributed by atoms with E-state index in [4.69, 9.17) is 13.3 Å². The summed E-state index contributed by atoms with van der Waals surface area (Å²) >= 11 is 0. The average molecular weight is 234 g/mol. The normalized spacial score (nSPS) is 12.4. The summed E-state index contributed by atoms with van der Waals surface area (Å²) in [5.41, 5.74) is 0. The molecule has 5 heteroatoms. The fourth-order valence-electron chi connectivity index (χ4n) is 1.46. The molecule has 0 aliphatic carbocycles. The molecule has 0 atom stereocenters. The van der Waals surface area contributed by atoms with Crippen molar-refractivity contribution in [1.29, 1.82) is 0 Å². The Morgan fingerprint density at radius 2 is 1.47 bits per heavy atom. The predicted octanol–water partition coefficient (Wildman–Crippen LogP) is 1.76. The van der Waals surface area contributed by atoms with Crippen molar-refractivity contribution in [3.05, 3.63) is 6.54 Å². The van der Waals surface area contributed by atoms with Gasteiger partial charge in [0.1, 0.15) is 0 Å². The van der Waals surface area contributed by atoms with Gasteiger partial charge in [-0.2, -0.15) is 0 Å². The summed E-state index contributed by atoms with van der Waals surface area (Å²) in [7, 11) is 2.58. The molecule has 0 unspecified atom stereocenters. The summed E-state index contributed by atoms with van der Waals surface area (Å²) in [4.78, 5) is 2.26. The zero-order chi connectivity index (χ0) is 11.7. The molecule has 0 heterocycles. The smallest absolute Gasteiger partial charge is 0.377 e. The van der Waals surface area contributed by atoms with Crippen LogP contribution < -0.4 is 0 Å². The van der Waals surface area contributed by atoms with Crippen LogP contribution in [0.3, 0.4) is 0 Å². The summed E-state index contributed by atoms with van der Waals surface area (Å²) in [6.07, 6.45) is 0.934. The molecule has 0 rings (SSSR count). The van der Waals surface area contributed by atoms with Crippen LogP contribution >= 0.6 is 0 Å². The monoisotopic (exact) mass is 234 g/mol. The second-order valence-corrected chi connectivity index (χ2v) is 6.33. The van der Waals surface area contributed by atoms with Crippen molar-refractivity contribution in [2.75, 3.05) is 34.4 Å². The molecule has 0 saturated carbocycles. The first kappa shape index (κ1) is 15.1. The quantitative estimate of drug-likeness (QED) is 0.569. The molecule has 0 aromatic heterocycles. The van der Waals surface area contributed by atoms with Crippen LogP contribution in [0, 0.1) is 6.54 Å². The first-order valence-corrected chi connectivity index (χ1v) is 7.34. The molecule has 0 N–H and O–H groups in total. The van der Waals surface area contributed by atoms with E-state index in [9.17, 15) is 0 Å². The molecule has 0 spiro atoms. The Bertz CT molecular complexity index is 141. The molecule has 0 saturated heterocycles. The molecule has 0 aromatic carbocycles. The zero-order valence-electron chi connectivity index (χ0n) is 10.6. The maximum absolute atomic E-state index is 5.34. The number of hydrogen-bond donors (Lipinski definition) is 0. The van der Waals surface area contributed by atoms with E-state index in [0.29, 0.717) is 0 Å². The van der Waals surface area contributed by atoms with E-state index in [-0.39, 0.29) is 0 Å². The van der Waals surface area contributed by atoms with Crippen molar-refractivity contribution in [2.45, 2.75) is 26.3 Å². The van der Waals surface area contributed by atoms with Crippen LogP contribution in [0.15, 0.2) is 0 Å². The van der Waals surface area contributed by atoms with Crippen LogP contribution in [0.2, 0.25) is 6.04 Å². The second kappa shape index (κ2) is 8.24. The maximum Gasteiger partial charge on any atom is 0.500 e. The van der Waals surface area contributed by atoms with Crippen molar-refractivity contribution in [3.63, 3.8) is 0 Å². The maximum atomic E-state index is 5.34. The summed E-state index contributed by atoms with van der Waals surface area (Å²) in [5.74, 6) is 0. The average Bonchev–Trinajstić information content (AvgIpc) is 2.31. The zero-order valence-corrected chi connectivity index (χ0v) is 11.6. The van der Waals surface area contributed by atoms with E-state index in [1.54, 1.807) is 21.3 Å². The van der Waals surface area contributed by atoms with Gasteiger partial charge in [0.05, 0.1) is 0 Å². The van der Waals surface area contributed by atoms with Crippen LogP contribution in [0.5, 0.6) is 0 Å². The molecule has 0 amide bonds. The highest BCUT2D eigenvalue weighted by Crippen LogP contribution is 2.16. The van der Waals surface area contributed by atoms with Gasteiger partial charge in [-0.15, -0.1) is 0 Å². The molecule has 0 aliphatic rings. The van der Waals surface area contributed by atoms with E-state index in [0.717, 1.165) is 25.6 Å². The molecule has 0 bridgehead atoms. The van der Waals surface area contributed by atoms with Crippen LogP contribution in [-0.2, 0) is 13.3 Å². The summed E-state index contributed by atoms with van der Waals surface area (Å²) in [6.45, 7) is 8.57. The van der Waals surface area contributed by atoms with E-state index in [1.807, 2.05) is 0 Å². The molecule has 0 fully saturated rings. The van der Waals surface area contributed by atoms with Gasteiger partial charge in [-0.05, 0) is 19.5 Å². The Morgan fingerprint density at radius 1 is 1.00 bits per heavy atom. The first-order valence-electron chi connectivity index (χ1n) is 5.40. The van der Waals surface area contributed by atoms with Gasteiger partial charge in [-0.1, -0.05) is 13.8 Å². The fraction of sp³-hybridized carbons (Fsp3) is 0.900. The summed E-state index contributed by atoms with van der Waals surface area (Å²) in [5, 5.41) is 0. The van der Waals surface area contributed by atoms with Crippen molar-refractivity contribution in [3.8, 4) is 0 Å². The molecule has 91 valence electrons. The lowest BCUT2D eigenvalue weighted by Crippen LogP contribution is -2.42. The van der Waals surface area contributed by atoms with Crippen molar-refractivity contribution < 1.29 is 13.3 Å². The Balaban J connectivity index is 3.89. The van der Waals surface area contributed by atoms with Crippen molar-refractivity contribution in [2.24, 2.45) is 0 Å². The minimum atomic E-state index is -2.37. The third-order valence-electron chi connectivity index (χ3n) is 2.58. The molecule has 15 heavy (non-hydrogen) atoms. The Kier molecular flexibility index (Phi) is 8.27. The number of rotatable bonds is 9. The molecule has 0 aliphatic heterocycles. The largest absolute Gasteiger partial charge is 0.500 e. The molecule has 1 radical (unpaired) electrons. The first-order chi connectivity index (χ1) is 7.17. The predicted molar refractivity (Wildman–Crippen MR) is 63.4 cm³/mol. The Morgan fingerprint density at radius 3 is 1.80 bits per heavy atom. The van der Waals surface area contributed by atoms with Crippen molar-refractivity contribution >= 4 is 8.80 Å². The lowest BCUT2D eigenvalue weighted by molar-refractivity contribution is 0.123. The highest BCUT2D eigenvalue weighted by atomic mass is 28.4. The van der Waals surface area contributed by atoms with E-state index in [2.05, 4.69) is 25.3 Å². The van der Waals surface area contributed by atoms with Crippen LogP contribution in [0.1, 0.15) is 20.3 Å². The Labute approximate surface area is 94.9 Å². The van der Waals surface area contributed by atoms with Crippen molar-refractivity contribution in [1.82, 2.24) is 4.90 Å². The standard InChI is InChI=1S/C10H24NO3Si/c1-6-11(7-2)9-8-10-15(12-3,13-4)14-5/h9H,6-8,10H2,1-5H3.